The molecule has 1 aromatic carbocycles. The summed E-state index contributed by atoms with van der Waals surface area (Å²) in [7, 11) is -8.54. The van der Waals surface area contributed by atoms with Crippen LogP contribution in [0.1, 0.15) is 25.3 Å². The predicted octanol–water partition coefficient (Wildman–Crippen LogP) is 2.72. The molecular weight excluding hydrogens is 344 g/mol. The van der Waals surface area contributed by atoms with E-state index in [1.807, 2.05) is 6.92 Å². The van der Waals surface area contributed by atoms with Crippen molar-refractivity contribution >= 4 is 30.3 Å². The first-order valence-corrected chi connectivity index (χ1v) is 12.9. The van der Waals surface area contributed by atoms with Gasteiger partial charge in [-0.25, -0.2) is 12.0 Å². The first-order valence-electron chi connectivity index (χ1n) is 6.89. The van der Waals surface area contributed by atoms with Crippen molar-refractivity contribution < 1.29 is 20.5 Å². The van der Waals surface area contributed by atoms with Gasteiger partial charge in [0.25, 0.3) is 10.1 Å². The summed E-state index contributed by atoms with van der Waals surface area (Å²) in [6.07, 6.45) is 6.12. The van der Waals surface area contributed by atoms with Crippen LogP contribution in [0.2, 0.25) is 0 Å². The van der Waals surface area contributed by atoms with Gasteiger partial charge >= 0.3 is 0 Å². The molecule has 0 heterocycles. The second kappa shape index (κ2) is 7.33. The molecule has 0 fully saturated rings. The van der Waals surface area contributed by atoms with Crippen molar-refractivity contribution in [1.82, 2.24) is 0 Å². The summed E-state index contributed by atoms with van der Waals surface area (Å²) in [5, 5.41) is 0. The molecule has 0 atom stereocenters. The summed E-state index contributed by atoms with van der Waals surface area (Å²) in [5.74, 6) is 0.495. The lowest BCUT2D eigenvalue weighted by Gasteiger charge is -2.30. The fourth-order valence-corrected chi connectivity index (χ4v) is 6.87. The van der Waals surface area contributed by atoms with E-state index in [0.717, 1.165) is 18.2 Å². The molecule has 0 amide bonds. The molecular formula is C14H24O5S3. The Balaban J connectivity index is 2.80. The van der Waals surface area contributed by atoms with E-state index in [1.165, 1.54) is 12.1 Å². The fraction of sp³-hybridized carbons (Fsp3) is 0.571. The van der Waals surface area contributed by atoms with E-state index >= 15 is 0 Å². The number of sulfone groups is 1. The maximum atomic E-state index is 11.9. The predicted molar refractivity (Wildman–Crippen MR) is 92.5 cm³/mol. The molecule has 8 heteroatoms. The molecule has 128 valence electrons. The normalized spacial score (nSPS) is 14.0. The molecule has 0 saturated heterocycles. The van der Waals surface area contributed by atoms with Gasteiger partial charge in [0.1, 0.15) is 0 Å². The van der Waals surface area contributed by atoms with Gasteiger partial charge in [0.2, 0.25) is 0 Å². The number of hydrogen-bond donors (Lipinski definition) is 0. The fourth-order valence-electron chi connectivity index (χ4n) is 1.89. The average Bonchev–Trinajstić information content (AvgIpc) is 2.34. The molecule has 5 nitrogen and oxygen atoms in total. The maximum Gasteiger partial charge on any atom is 0.276 e. The zero-order valence-electron chi connectivity index (χ0n) is 13.4. The van der Waals surface area contributed by atoms with Crippen molar-refractivity contribution in [2.45, 2.75) is 30.4 Å². The Bertz CT molecular complexity index is 688. The van der Waals surface area contributed by atoms with E-state index in [0.29, 0.717) is 12.2 Å². The lowest BCUT2D eigenvalue weighted by atomic mass is 10.2. The van der Waals surface area contributed by atoms with Gasteiger partial charge in [-0.15, -0.1) is 10.3 Å². The van der Waals surface area contributed by atoms with E-state index < -0.39 is 30.3 Å². The topological polar surface area (TPSA) is 77.5 Å². The molecule has 0 saturated carbocycles. The molecule has 0 spiro atoms. The Morgan fingerprint density at radius 2 is 1.50 bits per heavy atom. The van der Waals surface area contributed by atoms with Crippen molar-refractivity contribution in [2.75, 3.05) is 24.5 Å². The second-order valence-electron chi connectivity index (χ2n) is 5.68. The molecule has 0 bridgehead atoms. The summed E-state index contributed by atoms with van der Waals surface area (Å²) < 4.78 is 52.0. The smallest absolute Gasteiger partial charge is 0.224 e. The third-order valence-corrected chi connectivity index (χ3v) is 8.15. The van der Waals surface area contributed by atoms with Crippen molar-refractivity contribution in [1.29, 1.82) is 0 Å². The third kappa shape index (κ3) is 6.68. The molecule has 0 aromatic heterocycles. The van der Waals surface area contributed by atoms with E-state index in [2.05, 4.69) is 0 Å². The standard InChI is InChI=1S/C14H24O5S3/c1-5-6-11-22(17,18)19-20(2,3)12-13-7-9-14(10-8-13)21(4,15)16/h7-10H,5-6,11-12H2,1-4H3. The first kappa shape index (κ1) is 19.5. The number of unbranched alkanes of at least 4 members (excludes halogenated alkanes) is 1. The van der Waals surface area contributed by atoms with Gasteiger partial charge < -0.3 is 0 Å². The van der Waals surface area contributed by atoms with E-state index in [-0.39, 0.29) is 10.6 Å². The second-order valence-corrected chi connectivity index (χ2v) is 12.9. The maximum absolute atomic E-state index is 11.9. The van der Waals surface area contributed by atoms with Gasteiger partial charge in [-0.05, 0) is 36.6 Å². The van der Waals surface area contributed by atoms with Crippen molar-refractivity contribution in [3.8, 4) is 0 Å². The minimum absolute atomic E-state index is 0.0347. The summed E-state index contributed by atoms with van der Waals surface area (Å²) in [6, 6.07) is 6.47. The molecule has 0 aliphatic heterocycles. The SMILES string of the molecule is CCCCS(=O)(=O)OS(C)(C)Cc1ccc(S(C)(=O)=O)cc1. The monoisotopic (exact) mass is 368 g/mol. The molecule has 0 radical (unpaired) electrons. The Morgan fingerprint density at radius 3 is 1.95 bits per heavy atom. The lowest BCUT2D eigenvalue weighted by molar-refractivity contribution is 0.508. The minimum atomic E-state index is -3.51. The number of hydrogen-bond acceptors (Lipinski definition) is 5. The summed E-state index contributed by atoms with van der Waals surface area (Å²) in [6.45, 7) is 1.93. The molecule has 22 heavy (non-hydrogen) atoms. The van der Waals surface area contributed by atoms with E-state index in [4.69, 9.17) is 3.63 Å². The van der Waals surface area contributed by atoms with Crippen LogP contribution in [-0.4, -0.2) is 41.4 Å². The van der Waals surface area contributed by atoms with E-state index in [1.54, 1.807) is 24.6 Å². The highest BCUT2D eigenvalue weighted by atomic mass is 32.3. The summed E-state index contributed by atoms with van der Waals surface area (Å²) in [5.41, 5.74) is 0.859. The third-order valence-electron chi connectivity index (χ3n) is 2.90. The lowest BCUT2D eigenvalue weighted by Crippen LogP contribution is -2.15. The van der Waals surface area contributed by atoms with Crippen molar-refractivity contribution in [2.24, 2.45) is 0 Å². The Labute approximate surface area is 135 Å². The number of rotatable bonds is 8. The van der Waals surface area contributed by atoms with Crippen LogP contribution in [0.15, 0.2) is 29.2 Å². The van der Waals surface area contributed by atoms with Gasteiger partial charge in [0.05, 0.1) is 10.6 Å². The Kier molecular flexibility index (Phi) is 6.49. The van der Waals surface area contributed by atoms with Crippen LogP contribution in [0.3, 0.4) is 0 Å². The highest BCUT2D eigenvalue weighted by Crippen LogP contribution is 2.46. The van der Waals surface area contributed by atoms with Crippen LogP contribution in [0, 0.1) is 0 Å². The van der Waals surface area contributed by atoms with Crippen LogP contribution in [0.25, 0.3) is 0 Å². The highest BCUT2D eigenvalue weighted by Gasteiger charge is 2.22. The zero-order chi connectivity index (χ0) is 17.0. The number of benzene rings is 1. The summed E-state index contributed by atoms with van der Waals surface area (Å²) in [4.78, 5) is 0.251. The van der Waals surface area contributed by atoms with Gasteiger partial charge in [-0.3, -0.25) is 0 Å². The molecule has 0 unspecified atom stereocenters. The van der Waals surface area contributed by atoms with Crippen LogP contribution >= 0.6 is 10.3 Å². The minimum Gasteiger partial charge on any atom is -0.224 e. The van der Waals surface area contributed by atoms with Crippen molar-refractivity contribution in [3.05, 3.63) is 29.8 Å². The molecule has 1 aromatic rings. The van der Waals surface area contributed by atoms with Gasteiger partial charge in [0.15, 0.2) is 9.84 Å². The van der Waals surface area contributed by atoms with Crippen molar-refractivity contribution in [3.63, 3.8) is 0 Å². The molecule has 1 rings (SSSR count). The Morgan fingerprint density at radius 1 is 0.955 bits per heavy atom. The first-order chi connectivity index (χ1) is 9.95. The molecule has 0 aliphatic carbocycles. The quantitative estimate of drug-likeness (QED) is 0.705. The largest absolute Gasteiger partial charge is 0.276 e. The van der Waals surface area contributed by atoms with Crippen LogP contribution in [0.5, 0.6) is 0 Å². The van der Waals surface area contributed by atoms with Gasteiger partial charge in [-0.2, -0.15) is 8.42 Å². The van der Waals surface area contributed by atoms with Crippen LogP contribution < -0.4 is 0 Å². The Hall–Kier alpha value is -0.570. The van der Waals surface area contributed by atoms with Crippen LogP contribution in [-0.2, 0) is 29.3 Å². The van der Waals surface area contributed by atoms with E-state index in [9.17, 15) is 16.8 Å². The average molecular weight is 369 g/mol. The molecule has 0 aliphatic rings. The van der Waals surface area contributed by atoms with Gasteiger partial charge in [0, 0.05) is 12.0 Å². The summed E-state index contributed by atoms with van der Waals surface area (Å²) >= 11 is 0. The molecule has 0 N–H and O–H groups in total. The van der Waals surface area contributed by atoms with Crippen LogP contribution in [0.4, 0.5) is 0 Å². The van der Waals surface area contributed by atoms with Gasteiger partial charge in [-0.1, -0.05) is 25.5 Å². The highest BCUT2D eigenvalue weighted by molar-refractivity contribution is 8.31. The zero-order valence-corrected chi connectivity index (χ0v) is 15.9.